The summed E-state index contributed by atoms with van der Waals surface area (Å²) in [4.78, 5) is 6.69. The van der Waals surface area contributed by atoms with E-state index in [1.165, 1.54) is 5.56 Å². The average Bonchev–Trinajstić information content (AvgIpc) is 2.91. The Morgan fingerprint density at radius 2 is 1.71 bits per heavy atom. The van der Waals surface area contributed by atoms with Gasteiger partial charge in [-0.1, -0.05) is 59.6 Å². The second-order valence-electron chi connectivity index (χ2n) is 4.83. The number of halogens is 2. The number of rotatable bonds is 3. The maximum Gasteiger partial charge on any atom is 0.198 e. The third-order valence-electron chi connectivity index (χ3n) is 3.35. The van der Waals surface area contributed by atoms with E-state index in [1.54, 1.807) is 0 Å². The molecule has 0 amide bonds. The predicted molar refractivity (Wildman–Crippen MR) is 89.2 cm³/mol. The largest absolute Gasteiger partial charge is 0.337 e. The lowest BCUT2D eigenvalue weighted by Gasteiger charge is -2.22. The summed E-state index contributed by atoms with van der Waals surface area (Å²) in [7, 11) is 0. The Bertz CT molecular complexity index is 636. The van der Waals surface area contributed by atoms with Crippen LogP contribution in [0.3, 0.4) is 0 Å². The Morgan fingerprint density at radius 3 is 2.43 bits per heavy atom. The van der Waals surface area contributed by atoms with Crippen molar-refractivity contribution < 1.29 is 0 Å². The number of benzene rings is 2. The van der Waals surface area contributed by atoms with Crippen LogP contribution in [-0.4, -0.2) is 23.9 Å². The Hall–Kier alpha value is -1.71. The molecule has 0 bridgehead atoms. The van der Waals surface area contributed by atoms with Crippen molar-refractivity contribution in [1.29, 1.82) is 0 Å². The lowest BCUT2D eigenvalue weighted by Crippen LogP contribution is -2.32. The van der Waals surface area contributed by atoms with Gasteiger partial charge in [-0.25, -0.2) is 0 Å². The maximum absolute atomic E-state index is 6.20. The van der Waals surface area contributed by atoms with E-state index in [-0.39, 0.29) is 0 Å². The highest BCUT2D eigenvalue weighted by molar-refractivity contribution is 6.39. The van der Waals surface area contributed by atoms with E-state index in [9.17, 15) is 0 Å². The number of aliphatic imine (C=N–C) groups is 1. The zero-order valence-corrected chi connectivity index (χ0v) is 12.9. The molecule has 1 aliphatic rings. The number of anilines is 1. The maximum atomic E-state index is 6.20. The van der Waals surface area contributed by atoms with Crippen molar-refractivity contribution in [3.63, 3.8) is 0 Å². The van der Waals surface area contributed by atoms with E-state index in [1.807, 2.05) is 36.4 Å². The van der Waals surface area contributed by atoms with Gasteiger partial charge in [-0.05, 0) is 17.7 Å². The number of nitrogens with zero attached hydrogens (tertiary/aromatic N) is 2. The second kappa shape index (κ2) is 6.37. The van der Waals surface area contributed by atoms with E-state index in [2.05, 4.69) is 27.3 Å². The lowest BCUT2D eigenvalue weighted by molar-refractivity contribution is 0.451. The van der Waals surface area contributed by atoms with E-state index >= 15 is 0 Å². The van der Waals surface area contributed by atoms with Crippen LogP contribution < -0.4 is 5.32 Å². The molecule has 0 spiro atoms. The van der Waals surface area contributed by atoms with Gasteiger partial charge in [0.2, 0.25) is 0 Å². The van der Waals surface area contributed by atoms with Crippen LogP contribution in [0.15, 0.2) is 53.5 Å². The third-order valence-corrected chi connectivity index (χ3v) is 3.98. The van der Waals surface area contributed by atoms with Crippen LogP contribution in [0.25, 0.3) is 0 Å². The standard InChI is InChI=1S/C16H15Cl2N3/c17-13-7-4-8-14(18)15(13)20-16-19-9-10-21(16)11-12-5-2-1-3-6-12/h1-8H,9-11H2,(H,19,20). The molecule has 0 atom stereocenters. The minimum absolute atomic E-state index is 0.594. The molecule has 1 aliphatic heterocycles. The number of nitrogens with one attached hydrogen (secondary N) is 1. The zero-order valence-electron chi connectivity index (χ0n) is 11.4. The van der Waals surface area contributed by atoms with Crippen molar-refractivity contribution in [2.24, 2.45) is 4.99 Å². The zero-order chi connectivity index (χ0) is 14.7. The van der Waals surface area contributed by atoms with Crippen molar-refractivity contribution in [1.82, 2.24) is 4.90 Å². The topological polar surface area (TPSA) is 27.6 Å². The van der Waals surface area contributed by atoms with Crippen molar-refractivity contribution in [2.75, 3.05) is 18.4 Å². The molecular weight excluding hydrogens is 305 g/mol. The predicted octanol–water partition coefficient (Wildman–Crippen LogP) is 4.28. The van der Waals surface area contributed by atoms with Crippen LogP contribution in [0.2, 0.25) is 10.0 Å². The first kappa shape index (κ1) is 14.2. The summed E-state index contributed by atoms with van der Waals surface area (Å²) in [5.41, 5.74) is 1.96. The monoisotopic (exact) mass is 319 g/mol. The molecule has 2 aromatic rings. The number of hydrogen-bond donors (Lipinski definition) is 1. The molecule has 3 nitrogen and oxygen atoms in total. The van der Waals surface area contributed by atoms with Crippen LogP contribution in [0.1, 0.15) is 5.56 Å². The normalized spacial score (nSPS) is 14.2. The lowest BCUT2D eigenvalue weighted by atomic mass is 10.2. The second-order valence-corrected chi connectivity index (χ2v) is 5.65. The Labute approximate surface area is 134 Å². The van der Waals surface area contributed by atoms with Gasteiger partial charge in [0.25, 0.3) is 0 Å². The van der Waals surface area contributed by atoms with Gasteiger partial charge in [-0.3, -0.25) is 4.99 Å². The first-order valence-corrected chi connectivity index (χ1v) is 7.54. The molecule has 1 N–H and O–H groups in total. The van der Waals surface area contributed by atoms with E-state index in [4.69, 9.17) is 23.2 Å². The molecular formula is C16H15Cl2N3. The van der Waals surface area contributed by atoms with E-state index in [0.717, 1.165) is 25.6 Å². The molecule has 0 saturated carbocycles. The van der Waals surface area contributed by atoms with Crippen molar-refractivity contribution in [3.8, 4) is 0 Å². The third kappa shape index (κ3) is 3.31. The summed E-state index contributed by atoms with van der Waals surface area (Å²) in [6, 6.07) is 15.8. The first-order chi connectivity index (χ1) is 10.2. The molecule has 21 heavy (non-hydrogen) atoms. The molecule has 0 radical (unpaired) electrons. The number of para-hydroxylation sites is 1. The first-order valence-electron chi connectivity index (χ1n) is 6.78. The number of guanidine groups is 1. The molecule has 108 valence electrons. The van der Waals surface area contributed by atoms with Crippen LogP contribution in [0.5, 0.6) is 0 Å². The summed E-state index contributed by atoms with van der Waals surface area (Å²) < 4.78 is 0. The molecule has 3 rings (SSSR count). The summed E-state index contributed by atoms with van der Waals surface area (Å²) in [5.74, 6) is 0.814. The Morgan fingerprint density at radius 1 is 1.00 bits per heavy atom. The van der Waals surface area contributed by atoms with Crippen LogP contribution in [0.4, 0.5) is 5.69 Å². The smallest absolute Gasteiger partial charge is 0.198 e. The van der Waals surface area contributed by atoms with Gasteiger partial charge < -0.3 is 10.2 Å². The molecule has 2 aromatic carbocycles. The summed E-state index contributed by atoms with van der Waals surface area (Å²) in [6.07, 6.45) is 0. The van der Waals surface area contributed by atoms with Crippen molar-refractivity contribution in [3.05, 3.63) is 64.1 Å². The number of hydrogen-bond acceptors (Lipinski definition) is 3. The molecule has 0 fully saturated rings. The summed E-state index contributed by atoms with van der Waals surface area (Å²) >= 11 is 12.4. The Kier molecular flexibility index (Phi) is 4.32. The Balaban J connectivity index is 1.76. The van der Waals surface area contributed by atoms with Gasteiger partial charge in [0.1, 0.15) is 0 Å². The highest BCUT2D eigenvalue weighted by Crippen LogP contribution is 2.30. The quantitative estimate of drug-likeness (QED) is 0.914. The SMILES string of the molecule is Clc1cccc(Cl)c1NC1=NCCN1Cc1ccccc1. The summed E-state index contributed by atoms with van der Waals surface area (Å²) in [5, 5.41) is 4.45. The molecule has 5 heteroatoms. The molecule has 0 aliphatic carbocycles. The molecule has 0 saturated heterocycles. The van der Waals surface area contributed by atoms with Crippen LogP contribution in [-0.2, 0) is 6.54 Å². The van der Waals surface area contributed by atoms with Gasteiger partial charge in [-0.2, -0.15) is 0 Å². The fourth-order valence-electron chi connectivity index (χ4n) is 2.29. The van der Waals surface area contributed by atoms with E-state index in [0.29, 0.717) is 15.7 Å². The highest BCUT2D eigenvalue weighted by Gasteiger charge is 2.19. The highest BCUT2D eigenvalue weighted by atomic mass is 35.5. The van der Waals surface area contributed by atoms with Gasteiger partial charge in [0.05, 0.1) is 22.3 Å². The fourth-order valence-corrected chi connectivity index (χ4v) is 2.78. The molecule has 0 aromatic heterocycles. The van der Waals surface area contributed by atoms with Crippen molar-refractivity contribution >= 4 is 34.8 Å². The summed E-state index contributed by atoms with van der Waals surface area (Å²) in [6.45, 7) is 2.48. The van der Waals surface area contributed by atoms with Crippen LogP contribution in [0, 0.1) is 0 Å². The molecule has 0 unspecified atom stereocenters. The van der Waals surface area contributed by atoms with Gasteiger partial charge in [0.15, 0.2) is 5.96 Å². The minimum atomic E-state index is 0.594. The minimum Gasteiger partial charge on any atom is -0.337 e. The van der Waals surface area contributed by atoms with Gasteiger partial charge >= 0.3 is 0 Å². The van der Waals surface area contributed by atoms with Gasteiger partial charge in [-0.15, -0.1) is 0 Å². The van der Waals surface area contributed by atoms with Crippen molar-refractivity contribution in [2.45, 2.75) is 6.54 Å². The van der Waals surface area contributed by atoms with E-state index < -0.39 is 0 Å². The molecule has 1 heterocycles. The average molecular weight is 320 g/mol. The van der Waals surface area contributed by atoms with Gasteiger partial charge in [0, 0.05) is 13.1 Å². The fraction of sp³-hybridized carbons (Fsp3) is 0.188. The van der Waals surface area contributed by atoms with Crippen LogP contribution >= 0.6 is 23.2 Å².